The average molecular weight is 371 g/mol. The van der Waals surface area contributed by atoms with Crippen LogP contribution >= 0.6 is 0 Å². The van der Waals surface area contributed by atoms with Gasteiger partial charge in [0, 0.05) is 47.5 Å². The maximum atomic E-state index is 12.7. The highest BCUT2D eigenvalue weighted by molar-refractivity contribution is 6.05. The minimum absolute atomic E-state index is 0.141. The van der Waals surface area contributed by atoms with Crippen LogP contribution in [0.15, 0.2) is 67.0 Å². The normalized spacial score (nSPS) is 15.4. The molecule has 1 saturated carbocycles. The maximum Gasteiger partial charge on any atom is 0.255 e. The van der Waals surface area contributed by atoms with Gasteiger partial charge in [0.05, 0.1) is 0 Å². The predicted molar refractivity (Wildman–Crippen MR) is 109 cm³/mol. The van der Waals surface area contributed by atoms with Crippen LogP contribution in [0.25, 0.3) is 5.69 Å². The largest absolute Gasteiger partial charge is 0.324 e. The molecule has 1 aliphatic carbocycles. The molecule has 2 aromatic carbocycles. The van der Waals surface area contributed by atoms with Gasteiger partial charge >= 0.3 is 0 Å². The van der Waals surface area contributed by atoms with Crippen molar-refractivity contribution in [2.45, 2.75) is 19.3 Å². The molecule has 2 heterocycles. The first-order valence-corrected chi connectivity index (χ1v) is 9.68. The van der Waals surface area contributed by atoms with E-state index in [0.717, 1.165) is 48.4 Å². The fourth-order valence-corrected chi connectivity index (χ4v) is 3.78. The molecule has 1 aromatic heterocycles. The van der Waals surface area contributed by atoms with E-state index in [2.05, 4.69) is 5.32 Å². The SMILES string of the molecule is O=C(Nc1ccc2c(c1)CCN2C(=O)C1CC1)c1cccc(-n2cccc2)c1. The number of nitrogens with one attached hydrogen (secondary N) is 1. The van der Waals surface area contributed by atoms with Crippen molar-refractivity contribution in [1.29, 1.82) is 0 Å². The Kier molecular flexibility index (Phi) is 4.01. The zero-order valence-corrected chi connectivity index (χ0v) is 15.5. The van der Waals surface area contributed by atoms with E-state index in [0.29, 0.717) is 5.56 Å². The van der Waals surface area contributed by atoms with Crippen LogP contribution in [0, 0.1) is 5.92 Å². The van der Waals surface area contributed by atoms with Crippen LogP contribution < -0.4 is 10.2 Å². The van der Waals surface area contributed by atoms with Crippen LogP contribution in [0.4, 0.5) is 11.4 Å². The zero-order chi connectivity index (χ0) is 19.1. The van der Waals surface area contributed by atoms with Gasteiger partial charge < -0.3 is 14.8 Å². The molecule has 0 spiro atoms. The number of benzene rings is 2. The Labute approximate surface area is 163 Å². The van der Waals surface area contributed by atoms with E-state index in [-0.39, 0.29) is 17.7 Å². The van der Waals surface area contributed by atoms with Crippen LogP contribution in [0.1, 0.15) is 28.8 Å². The second kappa shape index (κ2) is 6.68. The number of anilines is 2. The molecule has 2 amide bonds. The number of rotatable bonds is 4. The maximum absolute atomic E-state index is 12.7. The third kappa shape index (κ3) is 3.09. The van der Waals surface area contributed by atoms with E-state index >= 15 is 0 Å². The third-order valence-electron chi connectivity index (χ3n) is 5.44. The molecule has 1 aliphatic heterocycles. The quantitative estimate of drug-likeness (QED) is 0.753. The molecule has 0 bridgehead atoms. The summed E-state index contributed by atoms with van der Waals surface area (Å²) in [4.78, 5) is 27.0. The number of amides is 2. The molecule has 5 heteroatoms. The van der Waals surface area contributed by atoms with Crippen LogP contribution in [-0.2, 0) is 11.2 Å². The van der Waals surface area contributed by atoms with Gasteiger partial charge in [0.15, 0.2) is 0 Å². The van der Waals surface area contributed by atoms with E-state index in [1.54, 1.807) is 0 Å². The average Bonchev–Trinajstić information content (AvgIpc) is 3.25. The number of hydrogen-bond donors (Lipinski definition) is 1. The Balaban J connectivity index is 1.34. The Hall–Kier alpha value is -3.34. The number of nitrogens with zero attached hydrogens (tertiary/aromatic N) is 2. The molecule has 1 N–H and O–H groups in total. The van der Waals surface area contributed by atoms with Gasteiger partial charge in [-0.15, -0.1) is 0 Å². The molecule has 140 valence electrons. The molecule has 0 radical (unpaired) electrons. The lowest BCUT2D eigenvalue weighted by molar-refractivity contribution is -0.119. The number of fused-ring (bicyclic) bond motifs is 1. The van der Waals surface area contributed by atoms with Crippen molar-refractivity contribution in [3.05, 3.63) is 78.1 Å². The number of carbonyl (C=O) groups excluding carboxylic acids is 2. The second-order valence-corrected chi connectivity index (χ2v) is 7.45. The van der Waals surface area contributed by atoms with Crippen LogP contribution in [-0.4, -0.2) is 22.9 Å². The van der Waals surface area contributed by atoms with Gasteiger partial charge in [-0.1, -0.05) is 6.07 Å². The summed E-state index contributed by atoms with van der Waals surface area (Å²) in [7, 11) is 0. The third-order valence-corrected chi connectivity index (χ3v) is 5.44. The van der Waals surface area contributed by atoms with Gasteiger partial charge in [-0.3, -0.25) is 9.59 Å². The van der Waals surface area contributed by atoms with Crippen LogP contribution in [0.2, 0.25) is 0 Å². The minimum atomic E-state index is -0.141. The summed E-state index contributed by atoms with van der Waals surface area (Å²) in [5, 5.41) is 2.99. The van der Waals surface area contributed by atoms with Crippen LogP contribution in [0.3, 0.4) is 0 Å². The molecular weight excluding hydrogens is 350 g/mol. The lowest BCUT2D eigenvalue weighted by Gasteiger charge is -2.17. The van der Waals surface area contributed by atoms with Gasteiger partial charge in [0.1, 0.15) is 0 Å². The van der Waals surface area contributed by atoms with Crippen molar-refractivity contribution >= 4 is 23.2 Å². The summed E-state index contributed by atoms with van der Waals surface area (Å²) in [6, 6.07) is 17.3. The fraction of sp³-hybridized carbons (Fsp3) is 0.217. The van der Waals surface area contributed by atoms with Crippen molar-refractivity contribution in [3.8, 4) is 5.69 Å². The molecule has 2 aliphatic rings. The molecule has 0 unspecified atom stereocenters. The van der Waals surface area contributed by atoms with Gasteiger partial charge in [0.25, 0.3) is 5.91 Å². The Bertz CT molecular complexity index is 1050. The number of hydrogen-bond acceptors (Lipinski definition) is 2. The fourth-order valence-electron chi connectivity index (χ4n) is 3.78. The van der Waals surface area contributed by atoms with Gasteiger partial charge in [0.2, 0.25) is 5.91 Å². The highest BCUT2D eigenvalue weighted by atomic mass is 16.2. The summed E-state index contributed by atoms with van der Waals surface area (Å²) in [6.07, 6.45) is 6.76. The summed E-state index contributed by atoms with van der Waals surface area (Å²) in [5.74, 6) is 0.327. The molecular formula is C23H21N3O2. The molecule has 0 saturated heterocycles. The molecule has 28 heavy (non-hydrogen) atoms. The highest BCUT2D eigenvalue weighted by Gasteiger charge is 2.36. The van der Waals surface area contributed by atoms with Crippen molar-refractivity contribution in [2.24, 2.45) is 5.92 Å². The van der Waals surface area contributed by atoms with E-state index in [1.165, 1.54) is 0 Å². The van der Waals surface area contributed by atoms with Crippen molar-refractivity contribution in [3.63, 3.8) is 0 Å². The van der Waals surface area contributed by atoms with E-state index in [9.17, 15) is 9.59 Å². The van der Waals surface area contributed by atoms with Gasteiger partial charge in [-0.2, -0.15) is 0 Å². The Morgan fingerprint density at radius 1 is 0.964 bits per heavy atom. The molecule has 0 atom stereocenters. The van der Waals surface area contributed by atoms with E-state index in [1.807, 2.05) is 76.5 Å². The van der Waals surface area contributed by atoms with Gasteiger partial charge in [-0.05, 0) is 73.4 Å². The van der Waals surface area contributed by atoms with Crippen molar-refractivity contribution in [1.82, 2.24) is 4.57 Å². The Morgan fingerprint density at radius 2 is 1.79 bits per heavy atom. The first-order chi connectivity index (χ1) is 13.7. The second-order valence-electron chi connectivity index (χ2n) is 7.45. The molecule has 1 fully saturated rings. The number of aromatic nitrogens is 1. The minimum Gasteiger partial charge on any atom is -0.324 e. The lowest BCUT2D eigenvalue weighted by atomic mass is 10.1. The van der Waals surface area contributed by atoms with Crippen molar-refractivity contribution in [2.75, 3.05) is 16.8 Å². The van der Waals surface area contributed by atoms with E-state index < -0.39 is 0 Å². The predicted octanol–water partition coefficient (Wildman–Crippen LogP) is 4.03. The highest BCUT2D eigenvalue weighted by Crippen LogP contribution is 2.37. The first-order valence-electron chi connectivity index (χ1n) is 9.68. The standard InChI is InChI=1S/C23H21N3O2/c27-22(18-4-3-5-20(15-18)25-11-1-2-12-25)24-19-8-9-21-17(14-19)10-13-26(21)23(28)16-6-7-16/h1-5,8-9,11-12,14-16H,6-7,10,13H2,(H,24,27). The van der Waals surface area contributed by atoms with Gasteiger partial charge in [-0.25, -0.2) is 0 Å². The summed E-state index contributed by atoms with van der Waals surface area (Å²) in [6.45, 7) is 0.737. The van der Waals surface area contributed by atoms with Crippen LogP contribution in [0.5, 0.6) is 0 Å². The smallest absolute Gasteiger partial charge is 0.255 e. The lowest BCUT2D eigenvalue weighted by Crippen LogP contribution is -2.30. The molecule has 5 rings (SSSR count). The molecule has 5 nitrogen and oxygen atoms in total. The summed E-state index contributed by atoms with van der Waals surface area (Å²) < 4.78 is 1.97. The first kappa shape index (κ1) is 16.8. The van der Waals surface area contributed by atoms with E-state index in [4.69, 9.17) is 0 Å². The zero-order valence-electron chi connectivity index (χ0n) is 15.5. The number of carbonyl (C=O) groups is 2. The topological polar surface area (TPSA) is 54.3 Å². The Morgan fingerprint density at radius 3 is 2.57 bits per heavy atom. The van der Waals surface area contributed by atoms with Crippen molar-refractivity contribution < 1.29 is 9.59 Å². The molecule has 3 aromatic rings. The summed E-state index contributed by atoms with van der Waals surface area (Å²) >= 11 is 0. The monoisotopic (exact) mass is 371 g/mol. The summed E-state index contributed by atoms with van der Waals surface area (Å²) in [5.41, 5.74) is 4.42.